The maximum Gasteiger partial charge on any atom is 0.321 e. The molecule has 0 aliphatic carbocycles. The quantitative estimate of drug-likeness (QED) is 0.529. The zero-order valence-electron chi connectivity index (χ0n) is 16.9. The number of nitrogens with zero attached hydrogens (tertiary/aromatic N) is 6. The number of urea groups is 1. The first-order chi connectivity index (χ1) is 15.2. The van der Waals surface area contributed by atoms with Crippen LogP contribution in [0.1, 0.15) is 0 Å². The Hall–Kier alpha value is -3.66. The van der Waals surface area contributed by atoms with E-state index in [4.69, 9.17) is 4.74 Å². The SMILES string of the molecule is COc1cc(NC(=O)N2CCN(c3ncnc4sccc34)CC2)cc(-n2cccn2)c1. The summed E-state index contributed by atoms with van der Waals surface area (Å²) in [6.07, 6.45) is 5.16. The number of carbonyl (C=O) groups excluding carboxylic acids is 1. The van der Waals surface area contributed by atoms with E-state index in [-0.39, 0.29) is 6.03 Å². The van der Waals surface area contributed by atoms with Crippen molar-refractivity contribution in [1.29, 1.82) is 0 Å². The fourth-order valence-electron chi connectivity index (χ4n) is 3.68. The minimum Gasteiger partial charge on any atom is -0.497 e. The summed E-state index contributed by atoms with van der Waals surface area (Å²) < 4.78 is 7.11. The van der Waals surface area contributed by atoms with Gasteiger partial charge in [-0.05, 0) is 23.6 Å². The monoisotopic (exact) mass is 435 g/mol. The van der Waals surface area contributed by atoms with Gasteiger partial charge in [0.1, 0.15) is 22.7 Å². The molecule has 1 aromatic carbocycles. The highest BCUT2D eigenvalue weighted by atomic mass is 32.1. The number of anilines is 2. The number of benzene rings is 1. The number of nitrogens with one attached hydrogen (secondary N) is 1. The van der Waals surface area contributed by atoms with E-state index in [0.717, 1.165) is 21.7 Å². The van der Waals surface area contributed by atoms with Gasteiger partial charge in [-0.2, -0.15) is 5.10 Å². The number of fused-ring (bicyclic) bond motifs is 1. The van der Waals surface area contributed by atoms with Crippen molar-refractivity contribution in [2.75, 3.05) is 43.5 Å². The number of ether oxygens (including phenoxy) is 1. The van der Waals surface area contributed by atoms with Gasteiger partial charge in [-0.3, -0.25) is 0 Å². The van der Waals surface area contributed by atoms with Crippen LogP contribution in [-0.4, -0.2) is 64.0 Å². The van der Waals surface area contributed by atoms with Gasteiger partial charge in [-0.15, -0.1) is 11.3 Å². The highest BCUT2D eigenvalue weighted by Gasteiger charge is 2.23. The Bertz CT molecular complexity index is 1200. The molecule has 0 atom stereocenters. The van der Waals surface area contributed by atoms with Crippen LogP contribution in [0.5, 0.6) is 5.75 Å². The lowest BCUT2D eigenvalue weighted by atomic mass is 10.2. The normalized spacial score (nSPS) is 14.1. The van der Waals surface area contributed by atoms with Gasteiger partial charge >= 0.3 is 6.03 Å². The zero-order valence-corrected chi connectivity index (χ0v) is 17.7. The third-order valence-electron chi connectivity index (χ3n) is 5.25. The van der Waals surface area contributed by atoms with Gasteiger partial charge in [0.2, 0.25) is 0 Å². The second kappa shape index (κ2) is 8.23. The maximum atomic E-state index is 12.9. The lowest BCUT2D eigenvalue weighted by molar-refractivity contribution is 0.208. The van der Waals surface area contributed by atoms with Gasteiger partial charge < -0.3 is 19.9 Å². The minimum absolute atomic E-state index is 0.136. The van der Waals surface area contributed by atoms with Gasteiger partial charge in [0.25, 0.3) is 0 Å². The van der Waals surface area contributed by atoms with Crippen molar-refractivity contribution >= 4 is 39.1 Å². The Balaban J connectivity index is 1.27. The third kappa shape index (κ3) is 3.89. The van der Waals surface area contributed by atoms with Crippen molar-refractivity contribution in [3.63, 3.8) is 0 Å². The van der Waals surface area contributed by atoms with E-state index >= 15 is 0 Å². The summed E-state index contributed by atoms with van der Waals surface area (Å²) in [6.45, 7) is 2.65. The molecule has 0 saturated carbocycles. The number of rotatable bonds is 4. The van der Waals surface area contributed by atoms with Gasteiger partial charge in [-0.1, -0.05) is 0 Å². The second-order valence-electron chi connectivity index (χ2n) is 7.11. The molecule has 1 fully saturated rings. The van der Waals surface area contributed by atoms with Crippen LogP contribution >= 0.6 is 11.3 Å². The molecule has 4 heterocycles. The average molecular weight is 436 g/mol. The van der Waals surface area contributed by atoms with Crippen molar-refractivity contribution in [2.45, 2.75) is 0 Å². The van der Waals surface area contributed by atoms with Crippen molar-refractivity contribution in [1.82, 2.24) is 24.6 Å². The molecular weight excluding hydrogens is 414 g/mol. The molecule has 0 spiro atoms. The molecule has 0 unspecified atom stereocenters. The standard InChI is InChI=1S/C21H21N7O2S/c1-30-17-12-15(11-16(13-17)28-5-2-4-24-28)25-21(29)27-8-6-26(7-9-27)19-18-3-10-31-20(18)23-14-22-19/h2-5,10-14H,6-9H2,1H3,(H,25,29). The lowest BCUT2D eigenvalue weighted by Gasteiger charge is -2.35. The summed E-state index contributed by atoms with van der Waals surface area (Å²) in [5.74, 6) is 1.58. The molecule has 1 aliphatic rings. The van der Waals surface area contributed by atoms with Crippen molar-refractivity contribution in [2.24, 2.45) is 0 Å². The molecule has 1 saturated heterocycles. The molecule has 0 radical (unpaired) electrons. The smallest absolute Gasteiger partial charge is 0.321 e. The first-order valence-electron chi connectivity index (χ1n) is 9.89. The Morgan fingerprint density at radius 1 is 1.16 bits per heavy atom. The first kappa shape index (κ1) is 19.3. The molecular formula is C21H21N7O2S. The Morgan fingerprint density at radius 3 is 2.81 bits per heavy atom. The molecule has 2 amide bonds. The van der Waals surface area contributed by atoms with Gasteiger partial charge in [-0.25, -0.2) is 19.4 Å². The number of amides is 2. The van der Waals surface area contributed by atoms with E-state index in [1.54, 1.807) is 41.7 Å². The highest BCUT2D eigenvalue weighted by Crippen LogP contribution is 2.28. The summed E-state index contributed by atoms with van der Waals surface area (Å²) in [7, 11) is 1.60. The molecule has 9 nitrogen and oxygen atoms in total. The lowest BCUT2D eigenvalue weighted by Crippen LogP contribution is -2.50. The van der Waals surface area contributed by atoms with Crippen LogP contribution in [0.2, 0.25) is 0 Å². The number of thiophene rings is 1. The molecule has 10 heteroatoms. The molecule has 158 valence electrons. The fourth-order valence-corrected chi connectivity index (χ4v) is 4.41. The highest BCUT2D eigenvalue weighted by molar-refractivity contribution is 7.16. The van der Waals surface area contributed by atoms with Crippen LogP contribution in [0.15, 0.2) is 54.4 Å². The summed E-state index contributed by atoms with van der Waals surface area (Å²) in [6, 6.07) is 9.30. The number of carbonyl (C=O) groups is 1. The van der Waals surface area contributed by atoms with Crippen molar-refractivity contribution < 1.29 is 9.53 Å². The van der Waals surface area contributed by atoms with Gasteiger partial charge in [0.05, 0.1) is 18.2 Å². The fraction of sp³-hybridized carbons (Fsp3) is 0.238. The van der Waals surface area contributed by atoms with E-state index in [2.05, 4.69) is 25.3 Å². The Labute approximate surface area is 182 Å². The van der Waals surface area contributed by atoms with Gasteiger partial charge in [0, 0.05) is 56.4 Å². The van der Waals surface area contributed by atoms with Crippen LogP contribution in [-0.2, 0) is 0 Å². The van der Waals surface area contributed by atoms with Crippen LogP contribution < -0.4 is 15.0 Å². The maximum absolute atomic E-state index is 12.9. The van der Waals surface area contributed by atoms with E-state index in [9.17, 15) is 4.79 Å². The minimum atomic E-state index is -0.136. The summed E-state index contributed by atoms with van der Waals surface area (Å²) in [4.78, 5) is 26.7. The average Bonchev–Trinajstić information content (AvgIpc) is 3.51. The van der Waals surface area contributed by atoms with Gasteiger partial charge in [0.15, 0.2) is 0 Å². The first-order valence-corrected chi connectivity index (χ1v) is 10.8. The van der Waals surface area contributed by atoms with Crippen molar-refractivity contribution in [3.8, 4) is 11.4 Å². The van der Waals surface area contributed by atoms with Crippen LogP contribution in [0.4, 0.5) is 16.3 Å². The molecule has 1 aliphatic heterocycles. The molecule has 31 heavy (non-hydrogen) atoms. The Morgan fingerprint density at radius 2 is 2.03 bits per heavy atom. The number of hydrogen-bond donors (Lipinski definition) is 1. The number of piperazine rings is 1. The largest absolute Gasteiger partial charge is 0.497 e. The predicted molar refractivity (Wildman–Crippen MR) is 120 cm³/mol. The molecule has 4 aromatic rings. The van der Waals surface area contributed by atoms with E-state index < -0.39 is 0 Å². The molecule has 1 N–H and O–H groups in total. The predicted octanol–water partition coefficient (Wildman–Crippen LogP) is 3.24. The van der Waals surface area contributed by atoms with Crippen LogP contribution in [0.3, 0.4) is 0 Å². The molecule has 0 bridgehead atoms. The van der Waals surface area contributed by atoms with E-state index in [0.29, 0.717) is 37.6 Å². The van der Waals surface area contributed by atoms with E-state index in [1.165, 1.54) is 0 Å². The molecule has 3 aromatic heterocycles. The third-order valence-corrected chi connectivity index (χ3v) is 6.08. The van der Waals surface area contributed by atoms with Crippen molar-refractivity contribution in [3.05, 3.63) is 54.4 Å². The topological polar surface area (TPSA) is 88.4 Å². The number of methoxy groups -OCH3 is 1. The summed E-state index contributed by atoms with van der Waals surface area (Å²) in [5, 5.41) is 10.3. The summed E-state index contributed by atoms with van der Waals surface area (Å²) >= 11 is 1.61. The van der Waals surface area contributed by atoms with Crippen LogP contribution in [0.25, 0.3) is 15.9 Å². The zero-order chi connectivity index (χ0) is 21.2. The second-order valence-corrected chi connectivity index (χ2v) is 8.01. The number of hydrogen-bond acceptors (Lipinski definition) is 7. The van der Waals surface area contributed by atoms with E-state index in [1.807, 2.05) is 40.7 Å². The molecule has 5 rings (SSSR count). The Kier molecular flexibility index (Phi) is 5.13. The number of aromatic nitrogens is 4. The summed E-state index contributed by atoms with van der Waals surface area (Å²) in [5.41, 5.74) is 1.47. The van der Waals surface area contributed by atoms with Crippen LogP contribution in [0, 0.1) is 0 Å².